The van der Waals surface area contributed by atoms with Crippen LogP contribution < -0.4 is 10.5 Å². The van der Waals surface area contributed by atoms with Gasteiger partial charge < -0.3 is 20.1 Å². The Hall–Kier alpha value is -2.50. The summed E-state index contributed by atoms with van der Waals surface area (Å²) in [5.74, 6) is 0.968. The lowest BCUT2D eigenvalue weighted by atomic mass is 10.1. The van der Waals surface area contributed by atoms with Crippen LogP contribution in [-0.2, 0) is 6.61 Å². The number of hydrogen-bond donors (Lipinski definition) is 2. The SMILES string of the molecule is Cc1cc(C)c(/C(N)=N/O)c(OCc2ccco2)n1. The van der Waals surface area contributed by atoms with Crippen LogP contribution >= 0.6 is 0 Å². The zero-order chi connectivity index (χ0) is 13.8. The molecule has 6 heteroatoms. The van der Waals surface area contributed by atoms with Gasteiger partial charge in [0.2, 0.25) is 5.88 Å². The summed E-state index contributed by atoms with van der Waals surface area (Å²) in [5.41, 5.74) is 7.76. The molecule has 0 unspecified atom stereocenters. The molecular weight excluding hydrogens is 246 g/mol. The van der Waals surface area contributed by atoms with Gasteiger partial charge in [-0.05, 0) is 37.6 Å². The second kappa shape index (κ2) is 5.43. The van der Waals surface area contributed by atoms with Crippen LogP contribution in [-0.4, -0.2) is 16.0 Å². The molecule has 0 aromatic carbocycles. The number of aryl methyl sites for hydroxylation is 2. The number of rotatable bonds is 4. The highest BCUT2D eigenvalue weighted by Crippen LogP contribution is 2.21. The molecule has 3 N–H and O–H groups in total. The molecule has 2 heterocycles. The molecule has 0 radical (unpaired) electrons. The van der Waals surface area contributed by atoms with E-state index in [2.05, 4.69) is 10.1 Å². The largest absolute Gasteiger partial charge is 0.469 e. The van der Waals surface area contributed by atoms with E-state index in [0.29, 0.717) is 17.2 Å². The Morgan fingerprint density at radius 2 is 2.32 bits per heavy atom. The molecule has 0 amide bonds. The molecule has 6 nitrogen and oxygen atoms in total. The number of aromatic nitrogens is 1. The van der Waals surface area contributed by atoms with Crippen LogP contribution in [0.15, 0.2) is 34.0 Å². The first kappa shape index (κ1) is 12.9. The van der Waals surface area contributed by atoms with E-state index in [1.807, 2.05) is 19.9 Å². The summed E-state index contributed by atoms with van der Waals surface area (Å²) in [6.45, 7) is 3.93. The maximum Gasteiger partial charge on any atom is 0.225 e. The number of nitrogens with zero attached hydrogens (tertiary/aromatic N) is 2. The molecule has 0 saturated heterocycles. The van der Waals surface area contributed by atoms with E-state index >= 15 is 0 Å². The molecule has 0 aliphatic heterocycles. The molecule has 2 aromatic heterocycles. The van der Waals surface area contributed by atoms with Crippen molar-refractivity contribution < 1.29 is 14.4 Å². The highest BCUT2D eigenvalue weighted by molar-refractivity contribution is 6.00. The summed E-state index contributed by atoms with van der Waals surface area (Å²) in [6, 6.07) is 5.41. The van der Waals surface area contributed by atoms with Gasteiger partial charge in [-0.25, -0.2) is 4.98 Å². The number of ether oxygens (including phenoxy) is 1. The predicted octanol–water partition coefficient (Wildman–Crippen LogP) is 1.96. The van der Waals surface area contributed by atoms with Gasteiger partial charge in [0.25, 0.3) is 0 Å². The fourth-order valence-corrected chi connectivity index (χ4v) is 1.80. The van der Waals surface area contributed by atoms with Crippen molar-refractivity contribution in [3.8, 4) is 5.88 Å². The maximum atomic E-state index is 8.82. The van der Waals surface area contributed by atoms with Gasteiger partial charge in [0.1, 0.15) is 12.4 Å². The van der Waals surface area contributed by atoms with Crippen LogP contribution in [0.4, 0.5) is 0 Å². The minimum Gasteiger partial charge on any atom is -0.469 e. The van der Waals surface area contributed by atoms with E-state index in [4.69, 9.17) is 20.1 Å². The third kappa shape index (κ3) is 2.85. The number of nitrogens with two attached hydrogens (primary N) is 1. The molecular formula is C13H15N3O3. The third-order valence-corrected chi connectivity index (χ3v) is 2.61. The second-order valence-corrected chi connectivity index (χ2v) is 4.11. The van der Waals surface area contributed by atoms with E-state index in [1.165, 1.54) is 0 Å². The first-order valence-electron chi connectivity index (χ1n) is 5.73. The second-order valence-electron chi connectivity index (χ2n) is 4.11. The molecule has 2 rings (SSSR count). The van der Waals surface area contributed by atoms with Crippen LogP contribution in [0.2, 0.25) is 0 Å². The van der Waals surface area contributed by atoms with E-state index in [0.717, 1.165) is 11.3 Å². The van der Waals surface area contributed by atoms with E-state index in [1.54, 1.807) is 18.4 Å². The van der Waals surface area contributed by atoms with Crippen LogP contribution in [0.3, 0.4) is 0 Å². The minimum atomic E-state index is -0.0283. The van der Waals surface area contributed by atoms with Crippen LogP contribution in [0.25, 0.3) is 0 Å². The molecule has 0 aliphatic carbocycles. The highest BCUT2D eigenvalue weighted by atomic mass is 16.5. The molecule has 0 atom stereocenters. The fourth-order valence-electron chi connectivity index (χ4n) is 1.80. The Kier molecular flexibility index (Phi) is 3.70. The summed E-state index contributed by atoms with van der Waals surface area (Å²) >= 11 is 0. The van der Waals surface area contributed by atoms with Gasteiger partial charge in [-0.2, -0.15) is 0 Å². The molecule has 0 fully saturated rings. The zero-order valence-electron chi connectivity index (χ0n) is 10.8. The maximum absolute atomic E-state index is 8.82. The van der Waals surface area contributed by atoms with Gasteiger partial charge in [0, 0.05) is 5.69 Å². The molecule has 0 spiro atoms. The highest BCUT2D eigenvalue weighted by Gasteiger charge is 2.15. The Morgan fingerprint density at radius 1 is 1.53 bits per heavy atom. The first-order chi connectivity index (χ1) is 9.11. The molecule has 2 aromatic rings. The lowest BCUT2D eigenvalue weighted by molar-refractivity contribution is 0.259. The van der Waals surface area contributed by atoms with Gasteiger partial charge in [0.15, 0.2) is 5.84 Å². The van der Waals surface area contributed by atoms with Crippen LogP contribution in [0, 0.1) is 13.8 Å². The smallest absolute Gasteiger partial charge is 0.225 e. The van der Waals surface area contributed by atoms with Crippen molar-refractivity contribution in [3.63, 3.8) is 0 Å². The average molecular weight is 261 g/mol. The zero-order valence-corrected chi connectivity index (χ0v) is 10.8. The first-order valence-corrected chi connectivity index (χ1v) is 5.73. The van der Waals surface area contributed by atoms with Crippen molar-refractivity contribution in [2.24, 2.45) is 10.9 Å². The topological polar surface area (TPSA) is 93.9 Å². The van der Waals surface area contributed by atoms with Gasteiger partial charge in [-0.1, -0.05) is 5.16 Å². The summed E-state index contributed by atoms with van der Waals surface area (Å²) < 4.78 is 10.8. The molecule has 19 heavy (non-hydrogen) atoms. The van der Waals surface area contributed by atoms with Crippen LogP contribution in [0.5, 0.6) is 5.88 Å². The lowest BCUT2D eigenvalue weighted by Crippen LogP contribution is -2.17. The standard InChI is InChI=1S/C13H15N3O3/c1-8-6-9(2)15-13(11(8)12(14)16-17)19-7-10-4-3-5-18-10/h3-6,17H,7H2,1-2H3,(H2,14,16). The number of oxime groups is 1. The monoisotopic (exact) mass is 261 g/mol. The summed E-state index contributed by atoms with van der Waals surface area (Å²) in [6.07, 6.45) is 1.57. The van der Waals surface area contributed by atoms with Crippen molar-refractivity contribution in [2.45, 2.75) is 20.5 Å². The quantitative estimate of drug-likeness (QED) is 0.380. The van der Waals surface area contributed by atoms with Gasteiger partial charge >= 0.3 is 0 Å². The number of amidine groups is 1. The Balaban J connectivity index is 2.32. The van der Waals surface area contributed by atoms with Crippen molar-refractivity contribution in [2.75, 3.05) is 0 Å². The van der Waals surface area contributed by atoms with Crippen molar-refractivity contribution in [3.05, 3.63) is 47.0 Å². The van der Waals surface area contributed by atoms with Crippen molar-refractivity contribution >= 4 is 5.84 Å². The minimum absolute atomic E-state index is 0.0283. The third-order valence-electron chi connectivity index (χ3n) is 2.61. The van der Waals surface area contributed by atoms with Gasteiger partial charge in [0.05, 0.1) is 11.8 Å². The van der Waals surface area contributed by atoms with Crippen molar-refractivity contribution in [1.82, 2.24) is 4.98 Å². The Labute approximate surface area is 110 Å². The average Bonchev–Trinajstić information content (AvgIpc) is 2.88. The van der Waals surface area contributed by atoms with Gasteiger partial charge in [-0.15, -0.1) is 0 Å². The molecule has 0 saturated carbocycles. The molecule has 100 valence electrons. The Bertz CT molecular complexity index is 591. The fraction of sp³-hybridized carbons (Fsp3) is 0.231. The normalized spacial score (nSPS) is 11.6. The number of hydrogen-bond acceptors (Lipinski definition) is 5. The number of furan rings is 1. The summed E-state index contributed by atoms with van der Waals surface area (Å²) in [5, 5.41) is 11.8. The van der Waals surface area contributed by atoms with E-state index < -0.39 is 0 Å². The molecule has 0 bridgehead atoms. The lowest BCUT2D eigenvalue weighted by Gasteiger charge is -2.12. The molecule has 0 aliphatic rings. The van der Waals surface area contributed by atoms with Gasteiger partial charge in [-0.3, -0.25) is 0 Å². The van der Waals surface area contributed by atoms with E-state index in [9.17, 15) is 0 Å². The van der Waals surface area contributed by atoms with E-state index in [-0.39, 0.29) is 12.4 Å². The Morgan fingerprint density at radius 3 is 2.95 bits per heavy atom. The van der Waals surface area contributed by atoms with Crippen LogP contribution in [0.1, 0.15) is 22.6 Å². The summed E-state index contributed by atoms with van der Waals surface area (Å²) in [4.78, 5) is 4.27. The predicted molar refractivity (Wildman–Crippen MR) is 69.3 cm³/mol. The number of pyridine rings is 1. The van der Waals surface area contributed by atoms with Crippen molar-refractivity contribution in [1.29, 1.82) is 0 Å². The summed E-state index contributed by atoms with van der Waals surface area (Å²) in [7, 11) is 0.